The molecule has 0 radical (unpaired) electrons. The number of aromatic nitrogens is 3. The van der Waals surface area contributed by atoms with Crippen LogP contribution in [0.2, 0.25) is 0 Å². The summed E-state index contributed by atoms with van der Waals surface area (Å²) in [7, 11) is 0. The summed E-state index contributed by atoms with van der Waals surface area (Å²) in [5.74, 6) is 2.20. The van der Waals surface area contributed by atoms with Crippen LogP contribution in [0.15, 0.2) is 58.8 Å². The number of nitrogens with zero attached hydrogens (tertiary/aromatic N) is 4. The van der Waals surface area contributed by atoms with Crippen molar-refractivity contribution in [3.05, 3.63) is 54.1 Å². The minimum Gasteiger partial charge on any atom is -0.493 e. The van der Waals surface area contributed by atoms with Gasteiger partial charge in [-0.05, 0) is 36.8 Å². The maximum atomic E-state index is 5.78. The van der Waals surface area contributed by atoms with Gasteiger partial charge in [0.05, 0.1) is 17.9 Å². The molecule has 134 valence electrons. The van der Waals surface area contributed by atoms with Crippen LogP contribution in [0.5, 0.6) is 5.75 Å². The fraction of sp³-hybridized carbons (Fsp3) is 0.167. The Morgan fingerprint density at radius 2 is 1.88 bits per heavy atom. The van der Waals surface area contributed by atoms with Gasteiger partial charge in [-0.3, -0.25) is 0 Å². The van der Waals surface area contributed by atoms with Gasteiger partial charge >= 0.3 is 0 Å². The van der Waals surface area contributed by atoms with Gasteiger partial charge in [-0.25, -0.2) is 0 Å². The second-order valence-electron chi connectivity index (χ2n) is 5.50. The Hall–Kier alpha value is -2.32. The monoisotopic (exact) mass is 431 g/mol. The minimum absolute atomic E-state index is 0. The molecule has 2 N–H and O–H groups in total. The number of anilines is 1. The van der Waals surface area contributed by atoms with Crippen molar-refractivity contribution in [3.63, 3.8) is 0 Å². The number of fused-ring (bicyclic) bond motifs is 1. The van der Waals surface area contributed by atoms with Crippen molar-refractivity contribution >= 4 is 40.1 Å². The Kier molecular flexibility index (Phi) is 5.63. The van der Waals surface area contributed by atoms with E-state index in [2.05, 4.69) is 10.2 Å². The summed E-state index contributed by atoms with van der Waals surface area (Å²) in [4.78, 5) is 0. The second-order valence-corrected chi connectivity index (χ2v) is 6.45. The Balaban J connectivity index is 0.00000196. The molecule has 0 atom stereocenters. The summed E-state index contributed by atoms with van der Waals surface area (Å²) in [5.41, 5.74) is 9.41. The third-order valence-electron chi connectivity index (χ3n) is 3.84. The van der Waals surface area contributed by atoms with Crippen LogP contribution in [0.1, 0.15) is 12.5 Å². The first-order chi connectivity index (χ1) is 12.3. The summed E-state index contributed by atoms with van der Waals surface area (Å²) < 4.78 is 7.52. The molecule has 0 amide bonds. The Morgan fingerprint density at radius 1 is 1.12 bits per heavy atom. The number of para-hydroxylation sites is 1. The highest BCUT2D eigenvalue weighted by molar-refractivity contribution is 8.93. The zero-order valence-corrected chi connectivity index (χ0v) is 16.7. The third kappa shape index (κ3) is 3.47. The van der Waals surface area contributed by atoms with Crippen LogP contribution < -0.4 is 10.5 Å². The van der Waals surface area contributed by atoms with Crippen LogP contribution in [0.3, 0.4) is 0 Å². The van der Waals surface area contributed by atoms with Gasteiger partial charge in [0.2, 0.25) is 5.16 Å². The lowest BCUT2D eigenvalue weighted by Crippen LogP contribution is -2.14. The molecule has 3 aromatic rings. The zero-order chi connectivity index (χ0) is 17.2. The van der Waals surface area contributed by atoms with Crippen molar-refractivity contribution in [1.29, 1.82) is 0 Å². The number of hydrogen-bond donors (Lipinski definition) is 1. The van der Waals surface area contributed by atoms with Gasteiger partial charge in [-0.15, -0.1) is 27.2 Å². The van der Waals surface area contributed by atoms with E-state index in [1.165, 1.54) is 0 Å². The number of nitrogen functional groups attached to an aromatic ring is 1. The molecule has 0 saturated carbocycles. The topological polar surface area (TPSA) is 78.3 Å². The van der Waals surface area contributed by atoms with Crippen molar-refractivity contribution in [3.8, 4) is 17.1 Å². The van der Waals surface area contributed by atoms with Gasteiger partial charge in [0.1, 0.15) is 5.75 Å². The molecule has 0 unspecified atom stereocenters. The van der Waals surface area contributed by atoms with E-state index in [0.29, 0.717) is 12.4 Å². The van der Waals surface area contributed by atoms with Gasteiger partial charge in [-0.2, -0.15) is 9.78 Å². The normalized spacial score (nSPS) is 12.7. The molecule has 26 heavy (non-hydrogen) atoms. The predicted molar refractivity (Wildman–Crippen MR) is 110 cm³/mol. The molecule has 1 aliphatic heterocycles. The van der Waals surface area contributed by atoms with Crippen molar-refractivity contribution in [2.24, 2.45) is 5.10 Å². The Bertz CT molecular complexity index is 939. The third-order valence-corrected chi connectivity index (χ3v) is 4.77. The molecular formula is C18H18BrN5OS. The average molecular weight is 432 g/mol. The van der Waals surface area contributed by atoms with Gasteiger partial charge in [0.15, 0.2) is 5.82 Å². The summed E-state index contributed by atoms with van der Waals surface area (Å²) >= 11 is 1.62. The number of benzene rings is 2. The molecule has 1 aromatic heterocycles. The van der Waals surface area contributed by atoms with Crippen molar-refractivity contribution in [2.45, 2.75) is 12.1 Å². The van der Waals surface area contributed by atoms with Crippen molar-refractivity contribution in [2.75, 3.05) is 18.1 Å². The quantitative estimate of drug-likeness (QED) is 0.634. The molecule has 0 spiro atoms. The maximum absolute atomic E-state index is 5.78. The van der Waals surface area contributed by atoms with E-state index in [4.69, 9.17) is 15.6 Å². The molecule has 0 fully saturated rings. The predicted octanol–water partition coefficient (Wildman–Crippen LogP) is 3.86. The van der Waals surface area contributed by atoms with Crippen LogP contribution in [-0.2, 0) is 0 Å². The average Bonchev–Trinajstić information content (AvgIpc) is 3.06. The molecule has 8 heteroatoms. The van der Waals surface area contributed by atoms with E-state index in [1.54, 1.807) is 16.4 Å². The highest BCUT2D eigenvalue weighted by Crippen LogP contribution is 2.33. The van der Waals surface area contributed by atoms with Crippen molar-refractivity contribution < 1.29 is 4.74 Å². The molecule has 2 heterocycles. The number of nitrogens with two attached hydrogens (primary N) is 1. The number of ether oxygens (including phenoxy) is 1. The van der Waals surface area contributed by atoms with Crippen LogP contribution >= 0.6 is 28.7 Å². The lowest BCUT2D eigenvalue weighted by atomic mass is 10.1. The summed E-state index contributed by atoms with van der Waals surface area (Å²) in [6, 6.07) is 15.5. The van der Waals surface area contributed by atoms with Crippen LogP contribution in [0.4, 0.5) is 5.69 Å². The largest absolute Gasteiger partial charge is 0.493 e. The standard InChI is InChI=1S/C18H17N5OS.BrH/c1-2-24-16-6-4-3-5-14(16)17-20-21-18-23(17)22-15(11-25-18)12-7-9-13(19)10-8-12;/h3-10H,2,11,19H2,1H3;1H. The number of halogens is 1. The van der Waals surface area contributed by atoms with E-state index in [0.717, 1.165) is 39.2 Å². The summed E-state index contributed by atoms with van der Waals surface area (Å²) in [6.07, 6.45) is 0. The maximum Gasteiger partial charge on any atom is 0.212 e. The van der Waals surface area contributed by atoms with E-state index < -0.39 is 0 Å². The Labute approximate surface area is 166 Å². The molecule has 1 aliphatic rings. The molecule has 0 bridgehead atoms. The van der Waals surface area contributed by atoms with Crippen LogP contribution in [-0.4, -0.2) is 32.9 Å². The van der Waals surface area contributed by atoms with E-state index >= 15 is 0 Å². The fourth-order valence-corrected chi connectivity index (χ4v) is 3.48. The molecule has 0 aliphatic carbocycles. The minimum atomic E-state index is 0. The lowest BCUT2D eigenvalue weighted by Gasteiger charge is -2.15. The van der Waals surface area contributed by atoms with Crippen molar-refractivity contribution in [1.82, 2.24) is 14.9 Å². The molecule has 4 rings (SSSR count). The number of thioether (sulfide) groups is 1. The smallest absolute Gasteiger partial charge is 0.212 e. The fourth-order valence-electron chi connectivity index (χ4n) is 2.65. The Morgan fingerprint density at radius 3 is 2.65 bits per heavy atom. The molecule has 6 nitrogen and oxygen atoms in total. The van der Waals surface area contributed by atoms with E-state index in [9.17, 15) is 0 Å². The lowest BCUT2D eigenvalue weighted by molar-refractivity contribution is 0.341. The summed E-state index contributed by atoms with van der Waals surface area (Å²) in [6.45, 7) is 2.55. The van der Waals surface area contributed by atoms with Gasteiger partial charge < -0.3 is 10.5 Å². The highest BCUT2D eigenvalue weighted by atomic mass is 79.9. The molecule has 0 saturated heterocycles. The SMILES string of the molecule is Br.CCOc1ccccc1-c1nnc2n1N=C(c1ccc(N)cc1)CS2. The van der Waals surface area contributed by atoms with Gasteiger partial charge in [0.25, 0.3) is 0 Å². The van der Waals surface area contributed by atoms with Gasteiger partial charge in [0, 0.05) is 11.4 Å². The molecular weight excluding hydrogens is 414 g/mol. The van der Waals surface area contributed by atoms with Crippen LogP contribution in [0, 0.1) is 0 Å². The van der Waals surface area contributed by atoms with Crippen LogP contribution in [0.25, 0.3) is 11.4 Å². The first-order valence-electron chi connectivity index (χ1n) is 8.00. The first-order valence-corrected chi connectivity index (χ1v) is 8.99. The van der Waals surface area contributed by atoms with Gasteiger partial charge in [-0.1, -0.05) is 36.0 Å². The van der Waals surface area contributed by atoms with E-state index in [-0.39, 0.29) is 17.0 Å². The first kappa shape index (κ1) is 18.5. The second kappa shape index (κ2) is 7.92. The zero-order valence-electron chi connectivity index (χ0n) is 14.1. The highest BCUT2D eigenvalue weighted by Gasteiger charge is 2.22. The number of rotatable bonds is 4. The molecule has 2 aromatic carbocycles. The summed E-state index contributed by atoms with van der Waals surface area (Å²) in [5, 5.41) is 14.2. The van der Waals surface area contributed by atoms with E-state index in [1.807, 2.05) is 55.5 Å². The number of hydrogen-bond acceptors (Lipinski definition) is 6.